The number of nitrogens with one attached hydrogen (secondary N) is 3. The number of ether oxygens (including phenoxy) is 1. The van der Waals surface area contributed by atoms with E-state index in [-0.39, 0.29) is 60.7 Å². The Hall–Kier alpha value is -4.24. The molecule has 2 aromatic carbocycles. The van der Waals surface area contributed by atoms with Gasteiger partial charge in [0.1, 0.15) is 23.2 Å². The Kier molecular flexibility index (Phi) is 10.8. The second kappa shape index (κ2) is 14.7. The number of halogens is 3. The highest BCUT2D eigenvalue weighted by Crippen LogP contribution is 2.52. The monoisotopic (exact) mass is 706 g/mol. The van der Waals surface area contributed by atoms with Crippen LogP contribution in [-0.2, 0) is 37.3 Å². The van der Waals surface area contributed by atoms with Crippen LogP contribution >= 0.6 is 7.60 Å². The predicted molar refractivity (Wildman–Crippen MR) is 175 cm³/mol. The summed E-state index contributed by atoms with van der Waals surface area (Å²) in [4.78, 5) is 34.2. The summed E-state index contributed by atoms with van der Waals surface area (Å²) in [6, 6.07) is 7.49. The standard InChI is InChI=1S/C32H38F3N6O7P/c1-5-47-49(45,48-6-2)17-18-7-10-23(26(13-18)46-4)39-31-37-15-22(32(33,34)35)28(40-31)38-24-12-9-20(21-16-41(3)29(42)27(21)24)19-8-11-25(30(43)44)36-14-19/h7,9-10,12-13,15,19,25,36H,5-6,8,11,14,16-17H2,1-4H3,(H,43,44)(H2,37,38,39,40). The molecule has 2 aliphatic rings. The quantitative estimate of drug-likeness (QED) is 0.148. The number of hydrogen-bond acceptors (Lipinski definition) is 11. The Bertz CT molecular complexity index is 1760. The van der Waals surface area contributed by atoms with Gasteiger partial charge in [0.05, 0.1) is 43.4 Å². The van der Waals surface area contributed by atoms with Crippen molar-refractivity contribution in [1.29, 1.82) is 0 Å². The average molecular weight is 707 g/mol. The number of benzene rings is 2. The molecule has 2 aliphatic heterocycles. The molecule has 3 heterocycles. The van der Waals surface area contributed by atoms with Gasteiger partial charge in [-0.15, -0.1) is 0 Å². The van der Waals surface area contributed by atoms with Crippen LogP contribution < -0.4 is 20.7 Å². The summed E-state index contributed by atoms with van der Waals surface area (Å²) in [7, 11) is -0.404. The number of carbonyl (C=O) groups is 2. The van der Waals surface area contributed by atoms with Gasteiger partial charge in [-0.25, -0.2) is 4.98 Å². The molecule has 2 unspecified atom stereocenters. The highest BCUT2D eigenvalue weighted by molar-refractivity contribution is 7.53. The van der Waals surface area contributed by atoms with E-state index in [0.717, 1.165) is 5.56 Å². The van der Waals surface area contributed by atoms with E-state index in [9.17, 15) is 32.4 Å². The molecule has 0 aliphatic carbocycles. The van der Waals surface area contributed by atoms with E-state index in [1.807, 2.05) is 0 Å². The van der Waals surface area contributed by atoms with Gasteiger partial charge in [0, 0.05) is 26.3 Å². The molecule has 0 radical (unpaired) electrons. The summed E-state index contributed by atoms with van der Waals surface area (Å²) < 4.78 is 71.9. The molecule has 49 heavy (non-hydrogen) atoms. The number of hydrogen-bond donors (Lipinski definition) is 4. The van der Waals surface area contributed by atoms with Crippen molar-refractivity contribution >= 4 is 42.6 Å². The van der Waals surface area contributed by atoms with Crippen LogP contribution in [0.1, 0.15) is 65.2 Å². The fourth-order valence-corrected chi connectivity index (χ4v) is 7.76. The van der Waals surface area contributed by atoms with Crippen LogP contribution in [0.3, 0.4) is 0 Å². The Balaban J connectivity index is 1.45. The number of rotatable bonds is 13. The Labute approximate surface area is 281 Å². The first kappa shape index (κ1) is 36.1. The number of anilines is 4. The van der Waals surface area contributed by atoms with Crippen LogP contribution in [0.5, 0.6) is 5.75 Å². The molecule has 1 amide bonds. The normalized spacial score (nSPS) is 17.9. The van der Waals surface area contributed by atoms with E-state index in [1.54, 1.807) is 51.2 Å². The lowest BCUT2D eigenvalue weighted by Gasteiger charge is -2.29. The Morgan fingerprint density at radius 3 is 2.45 bits per heavy atom. The number of fused-ring (bicyclic) bond motifs is 1. The van der Waals surface area contributed by atoms with Crippen LogP contribution in [0.4, 0.5) is 36.3 Å². The number of methoxy groups -OCH3 is 1. The van der Waals surface area contributed by atoms with Crippen LogP contribution in [0, 0.1) is 0 Å². The number of carboxylic acids is 1. The lowest BCUT2D eigenvalue weighted by atomic mass is 9.84. The Morgan fingerprint density at radius 1 is 1.12 bits per heavy atom. The second-order valence-corrected chi connectivity index (χ2v) is 13.7. The summed E-state index contributed by atoms with van der Waals surface area (Å²) in [5.74, 6) is -1.85. The maximum absolute atomic E-state index is 14.2. The van der Waals surface area contributed by atoms with E-state index in [0.29, 0.717) is 42.4 Å². The van der Waals surface area contributed by atoms with Gasteiger partial charge in [0.25, 0.3) is 5.91 Å². The molecule has 3 aromatic rings. The molecule has 264 valence electrons. The van der Waals surface area contributed by atoms with Crippen molar-refractivity contribution < 1.29 is 46.2 Å². The molecular weight excluding hydrogens is 668 g/mol. The molecule has 17 heteroatoms. The molecular formula is C32H38F3N6O7P. The number of amides is 1. The van der Waals surface area contributed by atoms with Gasteiger partial charge >= 0.3 is 19.7 Å². The molecule has 0 spiro atoms. The topological polar surface area (TPSA) is 164 Å². The van der Waals surface area contributed by atoms with Crippen LogP contribution in [-0.4, -0.2) is 71.8 Å². The Morgan fingerprint density at radius 2 is 1.84 bits per heavy atom. The summed E-state index contributed by atoms with van der Waals surface area (Å²) in [6.45, 7) is 4.44. The summed E-state index contributed by atoms with van der Waals surface area (Å²) in [5, 5.41) is 18.0. The van der Waals surface area contributed by atoms with Crippen molar-refractivity contribution in [1.82, 2.24) is 20.2 Å². The summed E-state index contributed by atoms with van der Waals surface area (Å²) in [5.41, 5.74) is 1.65. The molecule has 4 N–H and O–H groups in total. The summed E-state index contributed by atoms with van der Waals surface area (Å²) >= 11 is 0. The highest BCUT2D eigenvalue weighted by Gasteiger charge is 2.38. The molecule has 1 fully saturated rings. The molecule has 0 saturated carbocycles. The number of aromatic nitrogens is 2. The van der Waals surface area contributed by atoms with Gasteiger partial charge in [-0.2, -0.15) is 18.2 Å². The minimum Gasteiger partial charge on any atom is -0.495 e. The third kappa shape index (κ3) is 7.99. The molecule has 1 aromatic heterocycles. The largest absolute Gasteiger partial charge is 0.495 e. The third-order valence-corrected chi connectivity index (χ3v) is 10.4. The SMILES string of the molecule is CCOP(=O)(Cc1ccc(Nc2ncc(C(F)(F)F)c(Nc3ccc(C4CCC(C(=O)O)NC4)c4c3C(=O)N(C)C4)n2)c(OC)c1)OCC. The molecule has 2 atom stereocenters. The minimum absolute atomic E-state index is 0.0205. The maximum Gasteiger partial charge on any atom is 0.421 e. The zero-order valence-corrected chi connectivity index (χ0v) is 28.3. The van der Waals surface area contributed by atoms with Crippen molar-refractivity contribution in [2.75, 3.05) is 44.5 Å². The molecule has 5 rings (SSSR count). The van der Waals surface area contributed by atoms with Gasteiger partial charge in [0.15, 0.2) is 0 Å². The smallest absolute Gasteiger partial charge is 0.421 e. The van der Waals surface area contributed by atoms with Gasteiger partial charge in [-0.3, -0.25) is 14.2 Å². The van der Waals surface area contributed by atoms with E-state index in [4.69, 9.17) is 13.8 Å². The van der Waals surface area contributed by atoms with Crippen molar-refractivity contribution in [3.63, 3.8) is 0 Å². The molecule has 0 bridgehead atoms. The fourth-order valence-electron chi connectivity index (χ4n) is 6.07. The van der Waals surface area contributed by atoms with Crippen LogP contribution in [0.15, 0.2) is 36.5 Å². The van der Waals surface area contributed by atoms with Crippen molar-refractivity contribution in [3.05, 3.63) is 64.3 Å². The van der Waals surface area contributed by atoms with Crippen LogP contribution in [0.25, 0.3) is 0 Å². The maximum atomic E-state index is 14.2. The van der Waals surface area contributed by atoms with E-state index < -0.39 is 37.2 Å². The minimum atomic E-state index is -4.83. The number of aliphatic carboxylic acids is 1. The first-order valence-corrected chi connectivity index (χ1v) is 17.4. The van der Waals surface area contributed by atoms with Crippen molar-refractivity contribution in [2.24, 2.45) is 0 Å². The lowest BCUT2D eigenvalue weighted by Crippen LogP contribution is -2.43. The molecule has 1 saturated heterocycles. The zero-order valence-electron chi connectivity index (χ0n) is 27.4. The average Bonchev–Trinajstić information content (AvgIpc) is 3.35. The summed E-state index contributed by atoms with van der Waals surface area (Å²) in [6.07, 6.45) is -3.23. The molecule has 13 nitrogen and oxygen atoms in total. The van der Waals surface area contributed by atoms with E-state index in [2.05, 4.69) is 25.9 Å². The fraction of sp³-hybridized carbons (Fsp3) is 0.438. The van der Waals surface area contributed by atoms with Gasteiger partial charge in [-0.05, 0) is 67.5 Å². The third-order valence-electron chi connectivity index (χ3n) is 8.34. The van der Waals surface area contributed by atoms with Crippen molar-refractivity contribution in [3.8, 4) is 5.75 Å². The number of alkyl halides is 3. The number of nitrogens with zero attached hydrogens (tertiary/aromatic N) is 3. The first-order valence-electron chi connectivity index (χ1n) is 15.7. The number of carboxylic acid groups (broad SMARTS) is 1. The van der Waals surface area contributed by atoms with Gasteiger partial charge in [0.2, 0.25) is 5.95 Å². The highest BCUT2D eigenvalue weighted by atomic mass is 31.2. The number of carbonyl (C=O) groups excluding carboxylic acids is 1. The van der Waals surface area contributed by atoms with E-state index in [1.165, 1.54) is 12.0 Å². The zero-order chi connectivity index (χ0) is 35.5. The predicted octanol–water partition coefficient (Wildman–Crippen LogP) is 6.26. The second-order valence-electron chi connectivity index (χ2n) is 11.6. The van der Waals surface area contributed by atoms with Crippen molar-refractivity contribution in [2.45, 2.75) is 57.5 Å². The van der Waals surface area contributed by atoms with Crippen LogP contribution in [0.2, 0.25) is 0 Å². The first-order chi connectivity index (χ1) is 23.3. The van der Waals surface area contributed by atoms with Gasteiger partial charge < -0.3 is 39.7 Å². The number of piperidine rings is 1. The van der Waals surface area contributed by atoms with E-state index >= 15 is 0 Å². The van der Waals surface area contributed by atoms with Gasteiger partial charge in [-0.1, -0.05) is 12.1 Å². The lowest BCUT2D eigenvalue weighted by molar-refractivity contribution is -0.140.